The van der Waals surface area contributed by atoms with Crippen LogP contribution in [0, 0.1) is 0 Å². The van der Waals surface area contributed by atoms with Gasteiger partial charge in [-0.2, -0.15) is 0 Å². The minimum atomic E-state index is -0.306. The largest absolute Gasteiger partial charge is 0.497 e. The summed E-state index contributed by atoms with van der Waals surface area (Å²) < 4.78 is 15.9. The Morgan fingerprint density at radius 3 is 2.62 bits per heavy atom. The maximum atomic E-state index is 11.8. The fourth-order valence-electron chi connectivity index (χ4n) is 2.29. The summed E-state index contributed by atoms with van der Waals surface area (Å²) in [7, 11) is 1.63. The molecule has 0 radical (unpaired) electrons. The van der Waals surface area contributed by atoms with Gasteiger partial charge in [0, 0.05) is 6.42 Å². The molecule has 21 heavy (non-hydrogen) atoms. The van der Waals surface area contributed by atoms with Gasteiger partial charge in [-0.25, -0.2) is 4.79 Å². The number of carbonyl (C=O) groups excluding carboxylic acids is 1. The Bertz CT molecular complexity index is 569. The van der Waals surface area contributed by atoms with Crippen molar-refractivity contribution < 1.29 is 19.0 Å². The molecule has 2 rings (SSSR count). The molecule has 4 heteroatoms. The molecule has 0 bridgehead atoms. The maximum absolute atomic E-state index is 11.8. The summed E-state index contributed by atoms with van der Waals surface area (Å²) in [6, 6.07) is 7.62. The van der Waals surface area contributed by atoms with Crippen molar-refractivity contribution in [3.8, 4) is 5.75 Å². The summed E-state index contributed by atoms with van der Waals surface area (Å²) >= 11 is 0. The Morgan fingerprint density at radius 2 is 2.05 bits per heavy atom. The molecule has 1 aliphatic rings. The van der Waals surface area contributed by atoms with E-state index in [2.05, 4.69) is 6.58 Å². The average molecular weight is 288 g/mol. The molecule has 4 nitrogen and oxygen atoms in total. The van der Waals surface area contributed by atoms with Crippen molar-refractivity contribution in [3.05, 3.63) is 47.7 Å². The molecule has 0 fully saturated rings. The number of esters is 1. The molecule has 0 saturated heterocycles. The smallest absolute Gasteiger partial charge is 0.337 e. The normalized spacial score (nSPS) is 17.4. The molecular weight excluding hydrogens is 268 g/mol. The average Bonchev–Trinajstić information content (AvgIpc) is 2.89. The number of ether oxygens (including phenoxy) is 3. The van der Waals surface area contributed by atoms with Crippen LogP contribution in [0.15, 0.2) is 42.2 Å². The predicted octanol–water partition coefficient (Wildman–Crippen LogP) is 3.33. The zero-order chi connectivity index (χ0) is 15.4. The Labute approximate surface area is 125 Å². The lowest BCUT2D eigenvalue weighted by Crippen LogP contribution is -2.11. The molecule has 0 aliphatic carbocycles. The van der Waals surface area contributed by atoms with E-state index in [-0.39, 0.29) is 12.1 Å². The van der Waals surface area contributed by atoms with Gasteiger partial charge in [-0.3, -0.25) is 0 Å². The predicted molar refractivity (Wildman–Crippen MR) is 80.9 cm³/mol. The van der Waals surface area contributed by atoms with Crippen molar-refractivity contribution in [3.63, 3.8) is 0 Å². The molecule has 1 unspecified atom stereocenters. The second-order valence-corrected chi connectivity index (χ2v) is 4.82. The second kappa shape index (κ2) is 6.48. The number of allylic oxidation sites excluding steroid dienone is 1. The van der Waals surface area contributed by atoms with E-state index in [0.29, 0.717) is 24.4 Å². The molecule has 1 atom stereocenters. The first-order valence-corrected chi connectivity index (χ1v) is 6.93. The van der Waals surface area contributed by atoms with Gasteiger partial charge in [0.15, 0.2) is 0 Å². The Kier molecular flexibility index (Phi) is 4.68. The molecule has 0 N–H and O–H groups in total. The van der Waals surface area contributed by atoms with E-state index in [1.165, 1.54) is 0 Å². The first-order valence-electron chi connectivity index (χ1n) is 6.93. The summed E-state index contributed by atoms with van der Waals surface area (Å²) in [5.41, 5.74) is 2.41. The molecule has 0 amide bonds. The molecule has 1 heterocycles. The van der Waals surface area contributed by atoms with Crippen LogP contribution in [-0.2, 0) is 14.3 Å². The van der Waals surface area contributed by atoms with E-state index in [1.54, 1.807) is 21.0 Å². The standard InChI is InChI=1S/C17H20O4/c1-5-20-17(18)15-10-16(21-12(15)3)11(2)13-6-8-14(19-4)9-7-13/h6-9,16H,2,5,10H2,1,3-4H3. The highest BCUT2D eigenvalue weighted by Gasteiger charge is 2.30. The van der Waals surface area contributed by atoms with Crippen LogP contribution in [0.1, 0.15) is 25.8 Å². The number of rotatable bonds is 5. The van der Waals surface area contributed by atoms with Gasteiger partial charge < -0.3 is 14.2 Å². The zero-order valence-electron chi connectivity index (χ0n) is 12.6. The van der Waals surface area contributed by atoms with Gasteiger partial charge in [0.05, 0.1) is 19.3 Å². The van der Waals surface area contributed by atoms with Gasteiger partial charge in [0.25, 0.3) is 0 Å². The third-order valence-corrected chi connectivity index (χ3v) is 3.50. The lowest BCUT2D eigenvalue weighted by molar-refractivity contribution is -0.138. The van der Waals surface area contributed by atoms with Gasteiger partial charge in [-0.15, -0.1) is 0 Å². The fraction of sp³-hybridized carbons (Fsp3) is 0.353. The van der Waals surface area contributed by atoms with Crippen LogP contribution >= 0.6 is 0 Å². The summed E-state index contributed by atoms with van der Waals surface area (Å²) in [5.74, 6) is 1.11. The van der Waals surface area contributed by atoms with Crippen LogP contribution in [0.3, 0.4) is 0 Å². The van der Waals surface area contributed by atoms with Gasteiger partial charge in [-0.05, 0) is 37.1 Å². The summed E-state index contributed by atoms with van der Waals surface area (Å²) in [5, 5.41) is 0. The van der Waals surface area contributed by atoms with E-state index >= 15 is 0 Å². The highest BCUT2D eigenvalue weighted by Crippen LogP contribution is 2.33. The maximum Gasteiger partial charge on any atom is 0.337 e. The van der Waals surface area contributed by atoms with Crippen LogP contribution in [-0.4, -0.2) is 25.8 Å². The molecular formula is C17H20O4. The summed E-state index contributed by atoms with van der Waals surface area (Å²) in [6.07, 6.45) is 0.271. The van der Waals surface area contributed by atoms with Gasteiger partial charge >= 0.3 is 5.97 Å². The zero-order valence-corrected chi connectivity index (χ0v) is 12.6. The quantitative estimate of drug-likeness (QED) is 0.780. The topological polar surface area (TPSA) is 44.8 Å². The van der Waals surface area contributed by atoms with E-state index in [0.717, 1.165) is 16.9 Å². The minimum absolute atomic E-state index is 0.224. The third-order valence-electron chi connectivity index (χ3n) is 3.50. The molecule has 1 aliphatic heterocycles. The van der Waals surface area contributed by atoms with Crippen molar-refractivity contribution in [1.82, 2.24) is 0 Å². The van der Waals surface area contributed by atoms with Crippen LogP contribution in [0.25, 0.3) is 5.57 Å². The van der Waals surface area contributed by atoms with Crippen LogP contribution in [0.4, 0.5) is 0 Å². The second-order valence-electron chi connectivity index (χ2n) is 4.82. The summed E-state index contributed by atoms with van der Waals surface area (Å²) in [4.78, 5) is 11.8. The molecule has 0 aromatic heterocycles. The summed E-state index contributed by atoms with van der Waals surface area (Å²) in [6.45, 7) is 8.03. The van der Waals surface area contributed by atoms with E-state index in [1.807, 2.05) is 24.3 Å². The first kappa shape index (κ1) is 15.2. The number of methoxy groups -OCH3 is 1. The van der Waals surface area contributed by atoms with Crippen LogP contribution in [0.2, 0.25) is 0 Å². The van der Waals surface area contributed by atoms with Crippen LogP contribution in [0.5, 0.6) is 5.75 Å². The van der Waals surface area contributed by atoms with Crippen LogP contribution < -0.4 is 4.74 Å². The monoisotopic (exact) mass is 288 g/mol. The molecule has 112 valence electrons. The van der Waals surface area contributed by atoms with Gasteiger partial charge in [-0.1, -0.05) is 18.7 Å². The van der Waals surface area contributed by atoms with Gasteiger partial charge in [0.2, 0.25) is 0 Å². The number of benzene rings is 1. The number of hydrogen-bond donors (Lipinski definition) is 0. The van der Waals surface area contributed by atoms with Crippen molar-refractivity contribution in [2.45, 2.75) is 26.4 Å². The molecule has 0 saturated carbocycles. The third kappa shape index (κ3) is 3.27. The Morgan fingerprint density at radius 1 is 1.38 bits per heavy atom. The highest BCUT2D eigenvalue weighted by atomic mass is 16.5. The Balaban J connectivity index is 2.07. The first-order chi connectivity index (χ1) is 10.1. The van der Waals surface area contributed by atoms with Crippen molar-refractivity contribution in [1.29, 1.82) is 0 Å². The molecule has 1 aromatic rings. The van der Waals surface area contributed by atoms with E-state index in [9.17, 15) is 4.79 Å². The van der Waals surface area contributed by atoms with Crippen molar-refractivity contribution in [2.75, 3.05) is 13.7 Å². The van der Waals surface area contributed by atoms with E-state index in [4.69, 9.17) is 14.2 Å². The SMILES string of the molecule is C=C(c1ccc(OC)cc1)C1CC(C(=O)OCC)=C(C)O1. The van der Waals surface area contributed by atoms with E-state index < -0.39 is 0 Å². The molecule has 0 spiro atoms. The number of hydrogen-bond acceptors (Lipinski definition) is 4. The lowest BCUT2D eigenvalue weighted by atomic mass is 9.98. The minimum Gasteiger partial charge on any atom is -0.497 e. The van der Waals surface area contributed by atoms with Crippen molar-refractivity contribution in [2.24, 2.45) is 0 Å². The highest BCUT2D eigenvalue weighted by molar-refractivity contribution is 5.90. The van der Waals surface area contributed by atoms with Gasteiger partial charge in [0.1, 0.15) is 17.6 Å². The van der Waals surface area contributed by atoms with Crippen molar-refractivity contribution >= 4 is 11.5 Å². The Hall–Kier alpha value is -2.23. The number of carbonyl (C=O) groups is 1. The molecule has 1 aromatic carbocycles. The fourth-order valence-corrected chi connectivity index (χ4v) is 2.29. The lowest BCUT2D eigenvalue weighted by Gasteiger charge is -2.15.